The molecule has 4 aromatic rings. The molecule has 3 nitrogen and oxygen atoms in total. The summed E-state index contributed by atoms with van der Waals surface area (Å²) in [6, 6.07) is 24.4. The average Bonchev–Trinajstić information content (AvgIpc) is 3.10. The molecule has 4 rings (SSSR count). The summed E-state index contributed by atoms with van der Waals surface area (Å²) in [6.07, 6.45) is 1.82. The standard InChI is InChI=1S/C21H16N2O/c22-21(24)19-13-18(12-17-9-10-23-20(17)19)16-8-4-7-15(11-16)14-5-2-1-3-6-14/h1-13,23H,(H2,22,24). The smallest absolute Gasteiger partial charge is 0.250 e. The lowest BCUT2D eigenvalue weighted by Gasteiger charge is -2.08. The first kappa shape index (κ1) is 14.3. The molecule has 0 bridgehead atoms. The molecule has 1 heterocycles. The fourth-order valence-corrected chi connectivity index (χ4v) is 3.04. The van der Waals surface area contributed by atoms with Gasteiger partial charge in [-0.1, -0.05) is 48.5 Å². The number of aromatic nitrogens is 1. The van der Waals surface area contributed by atoms with Crippen molar-refractivity contribution >= 4 is 16.8 Å². The van der Waals surface area contributed by atoms with E-state index >= 15 is 0 Å². The average molecular weight is 312 g/mol. The molecule has 0 saturated carbocycles. The number of aromatic amines is 1. The van der Waals surface area contributed by atoms with Gasteiger partial charge >= 0.3 is 0 Å². The molecule has 0 spiro atoms. The fourth-order valence-electron chi connectivity index (χ4n) is 3.04. The summed E-state index contributed by atoms with van der Waals surface area (Å²) in [5.74, 6) is -0.427. The Morgan fingerprint density at radius 3 is 2.21 bits per heavy atom. The minimum absolute atomic E-state index is 0.427. The van der Waals surface area contributed by atoms with Crippen LogP contribution >= 0.6 is 0 Å². The van der Waals surface area contributed by atoms with Crippen LogP contribution in [0.15, 0.2) is 79.0 Å². The Kier molecular flexibility index (Phi) is 3.39. The molecule has 0 saturated heterocycles. The highest BCUT2D eigenvalue weighted by Crippen LogP contribution is 2.30. The van der Waals surface area contributed by atoms with Crippen molar-refractivity contribution < 1.29 is 4.79 Å². The van der Waals surface area contributed by atoms with E-state index in [9.17, 15) is 4.79 Å². The summed E-state index contributed by atoms with van der Waals surface area (Å²) in [6.45, 7) is 0. The SMILES string of the molecule is NC(=O)c1cc(-c2cccc(-c3ccccc3)c2)cc2cc[nH]c12. The van der Waals surface area contributed by atoms with Gasteiger partial charge in [-0.25, -0.2) is 0 Å². The molecular weight excluding hydrogens is 296 g/mol. The molecule has 116 valence electrons. The van der Waals surface area contributed by atoms with E-state index < -0.39 is 5.91 Å². The van der Waals surface area contributed by atoms with Crippen LogP contribution in [-0.2, 0) is 0 Å². The van der Waals surface area contributed by atoms with Crippen LogP contribution in [0.5, 0.6) is 0 Å². The van der Waals surface area contributed by atoms with Crippen LogP contribution in [0.3, 0.4) is 0 Å². The van der Waals surface area contributed by atoms with Crippen molar-refractivity contribution in [3.05, 3.63) is 84.6 Å². The lowest BCUT2D eigenvalue weighted by atomic mass is 9.96. The zero-order chi connectivity index (χ0) is 16.5. The summed E-state index contributed by atoms with van der Waals surface area (Å²) in [7, 11) is 0. The summed E-state index contributed by atoms with van der Waals surface area (Å²) < 4.78 is 0. The second kappa shape index (κ2) is 5.70. The lowest BCUT2D eigenvalue weighted by molar-refractivity contribution is 0.100. The molecule has 0 unspecified atom stereocenters. The number of H-pyrrole nitrogens is 1. The number of hydrogen-bond acceptors (Lipinski definition) is 1. The molecular formula is C21H16N2O. The predicted octanol–water partition coefficient (Wildman–Crippen LogP) is 4.60. The Balaban J connectivity index is 1.87. The molecule has 0 aliphatic rings. The van der Waals surface area contributed by atoms with Crippen LogP contribution in [0.2, 0.25) is 0 Å². The molecule has 3 N–H and O–H groups in total. The molecule has 1 aromatic heterocycles. The maximum absolute atomic E-state index is 11.8. The fraction of sp³-hybridized carbons (Fsp3) is 0. The number of nitrogens with two attached hydrogens (primary N) is 1. The highest BCUT2D eigenvalue weighted by atomic mass is 16.1. The molecule has 3 heteroatoms. The topological polar surface area (TPSA) is 58.9 Å². The number of primary amides is 1. The normalized spacial score (nSPS) is 10.8. The number of rotatable bonds is 3. The molecule has 0 aliphatic carbocycles. The van der Waals surface area contributed by atoms with Crippen molar-refractivity contribution in [3.8, 4) is 22.3 Å². The maximum atomic E-state index is 11.8. The van der Waals surface area contributed by atoms with Gasteiger partial charge in [0.25, 0.3) is 5.91 Å². The highest BCUT2D eigenvalue weighted by molar-refractivity contribution is 6.06. The summed E-state index contributed by atoms with van der Waals surface area (Å²) in [5, 5.41) is 0.978. The van der Waals surface area contributed by atoms with Gasteiger partial charge in [-0.15, -0.1) is 0 Å². The van der Waals surface area contributed by atoms with Crippen molar-refractivity contribution in [3.63, 3.8) is 0 Å². The zero-order valence-electron chi connectivity index (χ0n) is 13.0. The number of benzene rings is 3. The Bertz CT molecular complexity index is 1030. The van der Waals surface area contributed by atoms with Gasteiger partial charge in [-0.3, -0.25) is 4.79 Å². The molecule has 0 fully saturated rings. The maximum Gasteiger partial charge on any atom is 0.250 e. The molecule has 0 aliphatic heterocycles. The Morgan fingerprint density at radius 2 is 1.46 bits per heavy atom. The van der Waals surface area contributed by atoms with E-state index in [0.717, 1.165) is 33.2 Å². The van der Waals surface area contributed by atoms with E-state index in [0.29, 0.717) is 5.56 Å². The van der Waals surface area contributed by atoms with Crippen molar-refractivity contribution in [1.82, 2.24) is 4.98 Å². The molecule has 3 aromatic carbocycles. The third kappa shape index (κ3) is 2.46. The second-order valence-electron chi connectivity index (χ2n) is 5.78. The van der Waals surface area contributed by atoms with E-state index in [1.807, 2.05) is 48.7 Å². The molecule has 0 atom stereocenters. The van der Waals surface area contributed by atoms with Crippen molar-refractivity contribution in [1.29, 1.82) is 0 Å². The van der Waals surface area contributed by atoms with Crippen LogP contribution < -0.4 is 5.73 Å². The van der Waals surface area contributed by atoms with E-state index in [4.69, 9.17) is 5.73 Å². The van der Waals surface area contributed by atoms with Gasteiger partial charge in [0.1, 0.15) is 0 Å². The number of fused-ring (bicyclic) bond motifs is 1. The van der Waals surface area contributed by atoms with Gasteiger partial charge in [-0.05, 0) is 46.5 Å². The van der Waals surface area contributed by atoms with Crippen LogP contribution in [0, 0.1) is 0 Å². The van der Waals surface area contributed by atoms with Gasteiger partial charge in [0.2, 0.25) is 0 Å². The van der Waals surface area contributed by atoms with Gasteiger partial charge in [-0.2, -0.15) is 0 Å². The van der Waals surface area contributed by atoms with Crippen molar-refractivity contribution in [2.45, 2.75) is 0 Å². The second-order valence-corrected chi connectivity index (χ2v) is 5.78. The molecule has 0 radical (unpaired) electrons. The van der Waals surface area contributed by atoms with Gasteiger partial charge in [0.15, 0.2) is 0 Å². The molecule has 1 amide bonds. The first-order chi connectivity index (χ1) is 11.7. The molecule has 24 heavy (non-hydrogen) atoms. The third-order valence-electron chi connectivity index (χ3n) is 4.23. The van der Waals surface area contributed by atoms with Crippen LogP contribution in [-0.4, -0.2) is 10.9 Å². The Hall–Kier alpha value is -3.33. The Labute approximate surface area is 139 Å². The number of hydrogen-bond donors (Lipinski definition) is 2. The Morgan fingerprint density at radius 1 is 0.750 bits per heavy atom. The van der Waals surface area contributed by atoms with Crippen molar-refractivity contribution in [2.24, 2.45) is 5.73 Å². The lowest BCUT2D eigenvalue weighted by Crippen LogP contribution is -2.11. The van der Waals surface area contributed by atoms with Crippen LogP contribution in [0.25, 0.3) is 33.2 Å². The van der Waals surface area contributed by atoms with Crippen LogP contribution in [0.4, 0.5) is 0 Å². The van der Waals surface area contributed by atoms with E-state index in [-0.39, 0.29) is 0 Å². The third-order valence-corrected chi connectivity index (χ3v) is 4.23. The number of carbonyl (C=O) groups excluding carboxylic acids is 1. The quantitative estimate of drug-likeness (QED) is 0.570. The first-order valence-electron chi connectivity index (χ1n) is 7.79. The highest BCUT2D eigenvalue weighted by Gasteiger charge is 2.11. The van der Waals surface area contributed by atoms with Gasteiger partial charge in [0, 0.05) is 11.6 Å². The monoisotopic (exact) mass is 312 g/mol. The van der Waals surface area contributed by atoms with Crippen LogP contribution in [0.1, 0.15) is 10.4 Å². The summed E-state index contributed by atoms with van der Waals surface area (Å²) in [4.78, 5) is 14.9. The number of carbonyl (C=O) groups is 1. The van der Waals surface area contributed by atoms with E-state index in [2.05, 4.69) is 35.3 Å². The van der Waals surface area contributed by atoms with Crippen molar-refractivity contribution in [2.75, 3.05) is 0 Å². The van der Waals surface area contributed by atoms with Gasteiger partial charge in [0.05, 0.1) is 11.1 Å². The minimum atomic E-state index is -0.427. The number of amides is 1. The van der Waals surface area contributed by atoms with E-state index in [1.165, 1.54) is 0 Å². The first-order valence-corrected chi connectivity index (χ1v) is 7.79. The summed E-state index contributed by atoms with van der Waals surface area (Å²) in [5.41, 5.74) is 11.2. The zero-order valence-corrected chi connectivity index (χ0v) is 13.0. The number of nitrogens with one attached hydrogen (secondary N) is 1. The predicted molar refractivity (Wildman–Crippen MR) is 97.7 cm³/mol. The van der Waals surface area contributed by atoms with E-state index in [1.54, 1.807) is 0 Å². The minimum Gasteiger partial charge on any atom is -0.366 e. The largest absolute Gasteiger partial charge is 0.366 e. The summed E-state index contributed by atoms with van der Waals surface area (Å²) >= 11 is 0. The van der Waals surface area contributed by atoms with Gasteiger partial charge < -0.3 is 10.7 Å².